The monoisotopic (exact) mass is 381 g/mol. The Hall–Kier alpha value is -2.53. The fraction of sp³-hybridized carbons (Fsp3) is 0.435. The first-order valence-corrected chi connectivity index (χ1v) is 9.96. The Labute approximate surface area is 166 Å². The van der Waals surface area contributed by atoms with Crippen molar-refractivity contribution in [2.24, 2.45) is 5.92 Å². The third-order valence-corrected chi connectivity index (χ3v) is 5.72. The van der Waals surface area contributed by atoms with Gasteiger partial charge in [-0.25, -0.2) is 4.79 Å². The molecule has 2 aliphatic rings. The van der Waals surface area contributed by atoms with Crippen LogP contribution in [0.1, 0.15) is 30.4 Å². The molecule has 0 aromatic heterocycles. The van der Waals surface area contributed by atoms with Gasteiger partial charge in [-0.1, -0.05) is 48.9 Å². The van der Waals surface area contributed by atoms with Gasteiger partial charge in [0.05, 0.1) is 19.8 Å². The van der Waals surface area contributed by atoms with E-state index in [9.17, 15) is 4.79 Å². The molecule has 2 aromatic carbocycles. The maximum Gasteiger partial charge on any atom is 0.410 e. The molecule has 1 saturated heterocycles. The summed E-state index contributed by atoms with van der Waals surface area (Å²) in [5.41, 5.74) is 2.06. The van der Waals surface area contributed by atoms with E-state index in [1.807, 2.05) is 59.5 Å². The van der Waals surface area contributed by atoms with Crippen LogP contribution in [0.4, 0.5) is 4.79 Å². The number of hydrogen-bond donors (Lipinski definition) is 0. The smallest absolute Gasteiger partial charge is 0.410 e. The van der Waals surface area contributed by atoms with E-state index in [1.54, 1.807) is 7.11 Å². The topological polar surface area (TPSA) is 51.3 Å². The van der Waals surface area contributed by atoms with Gasteiger partial charge in [0, 0.05) is 18.5 Å². The molecule has 148 valence electrons. The summed E-state index contributed by atoms with van der Waals surface area (Å²) in [6.07, 6.45) is 3.28. The molecule has 1 unspecified atom stereocenters. The van der Waals surface area contributed by atoms with Gasteiger partial charge in [0.2, 0.25) is 0 Å². The number of hydrogen-bond acceptors (Lipinski definition) is 4. The molecule has 5 nitrogen and oxygen atoms in total. The predicted octanol–water partition coefficient (Wildman–Crippen LogP) is 4.40. The molecular formula is C23H27NO4. The van der Waals surface area contributed by atoms with Crippen molar-refractivity contribution in [2.75, 3.05) is 13.7 Å². The Morgan fingerprint density at radius 1 is 1.07 bits per heavy atom. The Morgan fingerprint density at radius 3 is 2.50 bits per heavy atom. The number of nitrogens with zero attached hydrogens (tertiary/aromatic N) is 1. The van der Waals surface area contributed by atoms with Gasteiger partial charge >= 0.3 is 6.09 Å². The fourth-order valence-corrected chi connectivity index (χ4v) is 4.14. The molecule has 1 saturated carbocycles. The van der Waals surface area contributed by atoms with Crippen LogP contribution in [0.15, 0.2) is 54.6 Å². The molecule has 1 aliphatic heterocycles. The molecular weight excluding hydrogens is 354 g/mol. The molecule has 3 atom stereocenters. The third kappa shape index (κ3) is 4.47. The molecule has 2 fully saturated rings. The van der Waals surface area contributed by atoms with Gasteiger partial charge in [-0.3, -0.25) is 0 Å². The van der Waals surface area contributed by atoms with E-state index < -0.39 is 0 Å². The molecule has 5 heteroatoms. The summed E-state index contributed by atoms with van der Waals surface area (Å²) in [4.78, 5) is 15.0. The van der Waals surface area contributed by atoms with E-state index in [2.05, 4.69) is 0 Å². The fourth-order valence-electron chi connectivity index (χ4n) is 4.14. The van der Waals surface area contributed by atoms with Crippen LogP contribution >= 0.6 is 0 Å². The van der Waals surface area contributed by atoms with Gasteiger partial charge in [0.1, 0.15) is 12.4 Å². The van der Waals surface area contributed by atoms with Crippen molar-refractivity contribution in [3.8, 4) is 5.75 Å². The molecule has 28 heavy (non-hydrogen) atoms. The van der Waals surface area contributed by atoms with Crippen molar-refractivity contribution in [2.45, 2.75) is 44.6 Å². The van der Waals surface area contributed by atoms with Crippen LogP contribution in [-0.4, -0.2) is 36.9 Å². The van der Waals surface area contributed by atoms with Crippen LogP contribution in [0.3, 0.4) is 0 Å². The van der Waals surface area contributed by atoms with E-state index >= 15 is 0 Å². The summed E-state index contributed by atoms with van der Waals surface area (Å²) in [5, 5.41) is 0. The van der Waals surface area contributed by atoms with Crippen LogP contribution in [-0.2, 0) is 22.6 Å². The van der Waals surface area contributed by atoms with Crippen LogP contribution in [0.5, 0.6) is 5.75 Å². The Bertz CT molecular complexity index is 773. The first-order chi connectivity index (χ1) is 13.7. The summed E-state index contributed by atoms with van der Waals surface area (Å²) in [6, 6.07) is 17.8. The molecule has 0 spiro atoms. The van der Waals surface area contributed by atoms with Crippen LogP contribution in [0.25, 0.3) is 0 Å². The number of amides is 1. The Kier molecular flexibility index (Phi) is 5.81. The van der Waals surface area contributed by atoms with Crippen LogP contribution in [0.2, 0.25) is 0 Å². The minimum absolute atomic E-state index is 0.165. The van der Waals surface area contributed by atoms with Crippen molar-refractivity contribution in [3.05, 3.63) is 65.7 Å². The van der Waals surface area contributed by atoms with Crippen molar-refractivity contribution >= 4 is 6.09 Å². The second-order valence-corrected chi connectivity index (χ2v) is 7.55. The standard InChI is InChI=1S/C23H27NO4/c1-26-19-12-10-17(11-13-19)14-24(21-9-5-8-20(21)22-16-27-22)23(25)28-15-18-6-3-2-4-7-18/h2-4,6-7,10-13,20-22H,5,8-9,14-16H2,1H3/t20-,21-,22?/m0/s1. The molecule has 0 N–H and O–H groups in total. The van der Waals surface area contributed by atoms with E-state index in [0.29, 0.717) is 18.6 Å². The first kappa shape index (κ1) is 18.8. The second kappa shape index (κ2) is 8.65. The van der Waals surface area contributed by atoms with E-state index in [1.165, 1.54) is 0 Å². The van der Waals surface area contributed by atoms with E-state index in [0.717, 1.165) is 42.7 Å². The molecule has 4 rings (SSSR count). The summed E-state index contributed by atoms with van der Waals surface area (Å²) in [5.74, 6) is 1.22. The second-order valence-electron chi connectivity index (χ2n) is 7.55. The number of ether oxygens (including phenoxy) is 3. The van der Waals surface area contributed by atoms with Gasteiger partial charge < -0.3 is 19.1 Å². The highest BCUT2D eigenvalue weighted by Crippen LogP contribution is 2.39. The zero-order valence-electron chi connectivity index (χ0n) is 16.3. The molecule has 1 amide bonds. The number of carbonyl (C=O) groups excluding carboxylic acids is 1. The number of carbonyl (C=O) groups is 1. The number of benzene rings is 2. The minimum Gasteiger partial charge on any atom is -0.497 e. The van der Waals surface area contributed by atoms with Crippen molar-refractivity contribution in [1.29, 1.82) is 0 Å². The zero-order valence-corrected chi connectivity index (χ0v) is 16.3. The SMILES string of the molecule is COc1ccc(CN(C(=O)OCc2ccccc2)[C@H]2CCC[C@@H]2C2CO2)cc1. The van der Waals surface area contributed by atoms with Crippen molar-refractivity contribution < 1.29 is 19.0 Å². The highest BCUT2D eigenvalue weighted by Gasteiger charge is 2.44. The van der Waals surface area contributed by atoms with Gasteiger partial charge in [0.15, 0.2) is 0 Å². The highest BCUT2D eigenvalue weighted by molar-refractivity contribution is 5.68. The summed E-state index contributed by atoms with van der Waals surface area (Å²) in [6.45, 7) is 1.64. The summed E-state index contributed by atoms with van der Waals surface area (Å²) >= 11 is 0. The molecule has 0 radical (unpaired) electrons. The maximum absolute atomic E-state index is 13.1. The lowest BCUT2D eigenvalue weighted by atomic mass is 9.98. The van der Waals surface area contributed by atoms with Gasteiger partial charge in [-0.15, -0.1) is 0 Å². The highest BCUT2D eigenvalue weighted by atomic mass is 16.6. The van der Waals surface area contributed by atoms with Crippen molar-refractivity contribution in [1.82, 2.24) is 4.90 Å². The molecule has 1 aliphatic carbocycles. The van der Waals surface area contributed by atoms with Gasteiger partial charge in [-0.05, 0) is 36.1 Å². The summed E-state index contributed by atoms with van der Waals surface area (Å²) < 4.78 is 16.5. The molecule has 0 bridgehead atoms. The maximum atomic E-state index is 13.1. The average Bonchev–Trinajstić information content (AvgIpc) is 3.48. The van der Waals surface area contributed by atoms with Crippen LogP contribution in [0, 0.1) is 5.92 Å². The Balaban J connectivity index is 1.49. The Morgan fingerprint density at radius 2 is 1.82 bits per heavy atom. The number of rotatable bonds is 7. The molecule has 2 aromatic rings. The first-order valence-electron chi connectivity index (χ1n) is 9.96. The normalized spacial score (nSPS) is 23.2. The van der Waals surface area contributed by atoms with E-state index in [-0.39, 0.29) is 18.7 Å². The number of epoxide rings is 1. The third-order valence-electron chi connectivity index (χ3n) is 5.72. The largest absolute Gasteiger partial charge is 0.497 e. The van der Waals surface area contributed by atoms with E-state index in [4.69, 9.17) is 14.2 Å². The van der Waals surface area contributed by atoms with Crippen LogP contribution < -0.4 is 4.74 Å². The average molecular weight is 381 g/mol. The lowest BCUT2D eigenvalue weighted by Gasteiger charge is -2.32. The minimum atomic E-state index is -0.253. The van der Waals surface area contributed by atoms with Gasteiger partial charge in [0.25, 0.3) is 0 Å². The quantitative estimate of drug-likeness (QED) is 0.667. The number of methoxy groups -OCH3 is 1. The zero-order chi connectivity index (χ0) is 19.3. The lowest BCUT2D eigenvalue weighted by molar-refractivity contribution is 0.0649. The van der Waals surface area contributed by atoms with Gasteiger partial charge in [-0.2, -0.15) is 0 Å². The predicted molar refractivity (Wildman–Crippen MR) is 106 cm³/mol. The summed E-state index contributed by atoms with van der Waals surface area (Å²) in [7, 11) is 1.65. The lowest BCUT2D eigenvalue weighted by Crippen LogP contribution is -2.43. The molecule has 1 heterocycles. The van der Waals surface area contributed by atoms with Crippen molar-refractivity contribution in [3.63, 3.8) is 0 Å².